The van der Waals surface area contributed by atoms with E-state index in [1.807, 2.05) is 23.5 Å². The third-order valence-electron chi connectivity index (χ3n) is 3.47. The lowest BCUT2D eigenvalue weighted by atomic mass is 10.0. The molecule has 0 aliphatic carbocycles. The van der Waals surface area contributed by atoms with Gasteiger partial charge in [-0.1, -0.05) is 49.2 Å². The molecular weight excluding hydrogens is 321 g/mol. The Labute approximate surface area is 141 Å². The van der Waals surface area contributed by atoms with E-state index in [4.69, 9.17) is 23.2 Å². The lowest BCUT2D eigenvalue weighted by Gasteiger charge is -2.20. The number of thiophene rings is 1. The van der Waals surface area contributed by atoms with E-state index >= 15 is 0 Å². The highest BCUT2D eigenvalue weighted by molar-refractivity contribution is 7.11. The molecule has 2 aromatic rings. The fraction of sp³-hybridized carbons (Fsp3) is 0.412. The molecule has 0 aliphatic rings. The summed E-state index contributed by atoms with van der Waals surface area (Å²) in [6, 6.07) is 10.5. The van der Waals surface area contributed by atoms with Crippen LogP contribution in [0.4, 0.5) is 0 Å². The van der Waals surface area contributed by atoms with Gasteiger partial charge in [-0.3, -0.25) is 0 Å². The van der Waals surface area contributed by atoms with E-state index in [0.717, 1.165) is 31.4 Å². The lowest BCUT2D eigenvalue weighted by molar-refractivity contribution is 0.532. The van der Waals surface area contributed by atoms with Crippen molar-refractivity contribution in [2.45, 2.75) is 39.2 Å². The number of nitrogens with one attached hydrogen (secondary N) is 1. The Balaban J connectivity index is 2.23. The summed E-state index contributed by atoms with van der Waals surface area (Å²) in [5.74, 6) is 0. The monoisotopic (exact) mass is 341 g/mol. The summed E-state index contributed by atoms with van der Waals surface area (Å²) < 4.78 is 0. The van der Waals surface area contributed by atoms with E-state index in [2.05, 4.69) is 37.4 Å². The molecule has 1 atom stereocenters. The molecule has 1 unspecified atom stereocenters. The van der Waals surface area contributed by atoms with Gasteiger partial charge in [-0.15, -0.1) is 11.3 Å². The maximum atomic E-state index is 6.40. The van der Waals surface area contributed by atoms with Crippen LogP contribution in [0.1, 0.15) is 41.6 Å². The first-order chi connectivity index (χ1) is 10.2. The van der Waals surface area contributed by atoms with Crippen LogP contribution >= 0.6 is 34.5 Å². The highest BCUT2D eigenvalue weighted by Gasteiger charge is 2.17. The SMILES string of the molecule is CCCNC(Cc1ccc(CC)s1)c1cccc(Cl)c1Cl. The van der Waals surface area contributed by atoms with E-state index in [9.17, 15) is 0 Å². The summed E-state index contributed by atoms with van der Waals surface area (Å²) in [5.41, 5.74) is 1.09. The van der Waals surface area contributed by atoms with Gasteiger partial charge in [0.25, 0.3) is 0 Å². The van der Waals surface area contributed by atoms with E-state index in [-0.39, 0.29) is 6.04 Å². The van der Waals surface area contributed by atoms with Crippen LogP contribution in [0.2, 0.25) is 10.0 Å². The second kappa shape index (κ2) is 8.19. The summed E-state index contributed by atoms with van der Waals surface area (Å²) in [6.45, 7) is 5.33. The van der Waals surface area contributed by atoms with Crippen molar-refractivity contribution >= 4 is 34.5 Å². The van der Waals surface area contributed by atoms with Crippen molar-refractivity contribution in [3.05, 3.63) is 55.7 Å². The Morgan fingerprint density at radius 1 is 1.10 bits per heavy atom. The zero-order valence-electron chi connectivity index (χ0n) is 12.5. The molecule has 0 saturated heterocycles. The maximum Gasteiger partial charge on any atom is 0.0640 e. The predicted molar refractivity (Wildman–Crippen MR) is 94.9 cm³/mol. The van der Waals surface area contributed by atoms with E-state index < -0.39 is 0 Å². The number of hydrogen-bond donors (Lipinski definition) is 1. The molecule has 0 saturated carbocycles. The Morgan fingerprint density at radius 2 is 1.86 bits per heavy atom. The van der Waals surface area contributed by atoms with E-state index in [1.54, 1.807) is 0 Å². The number of aryl methyl sites for hydroxylation is 1. The minimum Gasteiger partial charge on any atom is -0.310 e. The van der Waals surface area contributed by atoms with E-state index in [0.29, 0.717) is 10.0 Å². The lowest BCUT2D eigenvalue weighted by Crippen LogP contribution is -2.24. The summed E-state index contributed by atoms with van der Waals surface area (Å²) in [6.07, 6.45) is 3.14. The van der Waals surface area contributed by atoms with Crippen molar-refractivity contribution in [1.82, 2.24) is 5.32 Å². The van der Waals surface area contributed by atoms with E-state index in [1.165, 1.54) is 9.75 Å². The molecule has 0 fully saturated rings. The Bertz CT molecular complexity index is 580. The molecule has 1 heterocycles. The van der Waals surface area contributed by atoms with Crippen molar-refractivity contribution < 1.29 is 0 Å². The van der Waals surface area contributed by atoms with Gasteiger partial charge in [-0.05, 0) is 43.1 Å². The summed E-state index contributed by atoms with van der Waals surface area (Å²) >= 11 is 14.4. The molecule has 1 aromatic carbocycles. The second-order valence-electron chi connectivity index (χ2n) is 5.08. The first-order valence-electron chi connectivity index (χ1n) is 7.40. The van der Waals surface area contributed by atoms with Crippen molar-refractivity contribution in [3.63, 3.8) is 0 Å². The molecule has 0 bridgehead atoms. The summed E-state index contributed by atoms with van der Waals surface area (Å²) in [4.78, 5) is 2.81. The summed E-state index contributed by atoms with van der Waals surface area (Å²) in [5, 5.41) is 4.88. The molecule has 0 spiro atoms. The molecule has 2 rings (SSSR count). The average Bonchev–Trinajstić information content (AvgIpc) is 2.94. The van der Waals surface area contributed by atoms with Crippen LogP contribution in [-0.4, -0.2) is 6.54 Å². The smallest absolute Gasteiger partial charge is 0.0640 e. The third kappa shape index (κ3) is 4.46. The Morgan fingerprint density at radius 3 is 2.52 bits per heavy atom. The number of rotatable bonds is 7. The van der Waals surface area contributed by atoms with Crippen LogP contribution in [-0.2, 0) is 12.8 Å². The molecule has 21 heavy (non-hydrogen) atoms. The van der Waals surface area contributed by atoms with Crippen molar-refractivity contribution in [1.29, 1.82) is 0 Å². The molecule has 1 aromatic heterocycles. The van der Waals surface area contributed by atoms with Gasteiger partial charge < -0.3 is 5.32 Å². The quantitative estimate of drug-likeness (QED) is 0.660. The second-order valence-corrected chi connectivity index (χ2v) is 7.11. The average molecular weight is 342 g/mol. The van der Waals surface area contributed by atoms with Crippen molar-refractivity contribution in [3.8, 4) is 0 Å². The molecule has 1 nitrogen and oxygen atoms in total. The van der Waals surface area contributed by atoms with Crippen LogP contribution in [0.5, 0.6) is 0 Å². The molecule has 0 amide bonds. The summed E-state index contributed by atoms with van der Waals surface area (Å²) in [7, 11) is 0. The molecule has 4 heteroatoms. The molecule has 1 N–H and O–H groups in total. The normalized spacial score (nSPS) is 12.6. The van der Waals surface area contributed by atoms with Gasteiger partial charge in [0, 0.05) is 22.2 Å². The minimum atomic E-state index is 0.208. The van der Waals surface area contributed by atoms with Gasteiger partial charge >= 0.3 is 0 Å². The number of benzene rings is 1. The number of hydrogen-bond acceptors (Lipinski definition) is 2. The van der Waals surface area contributed by atoms with Crippen LogP contribution in [0.15, 0.2) is 30.3 Å². The first-order valence-corrected chi connectivity index (χ1v) is 8.97. The van der Waals surface area contributed by atoms with Gasteiger partial charge in [0.05, 0.1) is 10.0 Å². The number of halogens is 2. The van der Waals surface area contributed by atoms with Gasteiger partial charge in [0.2, 0.25) is 0 Å². The van der Waals surface area contributed by atoms with Gasteiger partial charge in [0.1, 0.15) is 0 Å². The molecule has 0 aliphatic heterocycles. The fourth-order valence-electron chi connectivity index (χ4n) is 2.32. The van der Waals surface area contributed by atoms with Gasteiger partial charge in [-0.2, -0.15) is 0 Å². The Kier molecular flexibility index (Phi) is 6.56. The van der Waals surface area contributed by atoms with Gasteiger partial charge in [-0.25, -0.2) is 0 Å². The third-order valence-corrected chi connectivity index (χ3v) is 5.55. The van der Waals surface area contributed by atoms with Crippen molar-refractivity contribution in [2.24, 2.45) is 0 Å². The molecule has 0 radical (unpaired) electrons. The molecule has 114 valence electrons. The largest absolute Gasteiger partial charge is 0.310 e. The predicted octanol–water partition coefficient (Wildman–Crippen LogP) is 5.90. The molecular formula is C17H21Cl2NS. The minimum absolute atomic E-state index is 0.208. The first kappa shape index (κ1) is 16.8. The van der Waals surface area contributed by atoms with Crippen LogP contribution < -0.4 is 5.32 Å². The topological polar surface area (TPSA) is 12.0 Å². The van der Waals surface area contributed by atoms with Crippen LogP contribution in [0.25, 0.3) is 0 Å². The van der Waals surface area contributed by atoms with Crippen molar-refractivity contribution in [2.75, 3.05) is 6.54 Å². The van der Waals surface area contributed by atoms with Crippen LogP contribution in [0, 0.1) is 0 Å². The van der Waals surface area contributed by atoms with Crippen LogP contribution in [0.3, 0.4) is 0 Å². The zero-order valence-corrected chi connectivity index (χ0v) is 14.8. The highest BCUT2D eigenvalue weighted by atomic mass is 35.5. The Hall–Kier alpha value is -0.540. The van der Waals surface area contributed by atoms with Gasteiger partial charge in [0.15, 0.2) is 0 Å². The maximum absolute atomic E-state index is 6.40. The fourth-order valence-corrected chi connectivity index (χ4v) is 3.77. The highest BCUT2D eigenvalue weighted by Crippen LogP contribution is 2.32. The zero-order chi connectivity index (χ0) is 15.2. The standard InChI is InChI=1S/C17H21Cl2NS/c1-3-10-20-16(11-13-9-8-12(4-2)21-13)14-6-5-7-15(18)17(14)19/h5-9,16,20H,3-4,10-11H2,1-2H3.